The van der Waals surface area contributed by atoms with Crippen LogP contribution in [-0.4, -0.2) is 52.8 Å². The predicted molar refractivity (Wildman–Crippen MR) is 140 cm³/mol. The van der Waals surface area contributed by atoms with Crippen molar-refractivity contribution in [2.75, 3.05) is 13.2 Å². The first-order valence-electron chi connectivity index (χ1n) is 12.3. The van der Waals surface area contributed by atoms with E-state index in [1.807, 2.05) is 31.5 Å². The molecule has 34 heavy (non-hydrogen) atoms. The SMILES string of the molecule is CC(CCO[Si](C)(C)C(C)(C)C)n1nc(C2CCCN2C(=O)OC(C)(C)C)c2cnc(Cl)cc21. The Morgan fingerprint density at radius 3 is 2.56 bits per heavy atom. The lowest BCUT2D eigenvalue weighted by molar-refractivity contribution is 0.0222. The lowest BCUT2D eigenvalue weighted by Crippen LogP contribution is -2.41. The molecule has 3 rings (SSSR count). The Morgan fingerprint density at radius 1 is 1.26 bits per heavy atom. The second kappa shape index (κ2) is 9.78. The molecule has 2 atom stereocenters. The fourth-order valence-electron chi connectivity index (χ4n) is 4.03. The molecule has 2 aromatic heterocycles. The summed E-state index contributed by atoms with van der Waals surface area (Å²) < 4.78 is 14.1. The summed E-state index contributed by atoms with van der Waals surface area (Å²) in [7, 11) is -1.81. The van der Waals surface area contributed by atoms with Crippen LogP contribution in [0.4, 0.5) is 4.79 Å². The summed E-state index contributed by atoms with van der Waals surface area (Å²) in [5.41, 5.74) is 1.25. The third kappa shape index (κ3) is 5.94. The minimum Gasteiger partial charge on any atom is -0.444 e. The smallest absolute Gasteiger partial charge is 0.410 e. The third-order valence-corrected chi connectivity index (χ3v) is 11.8. The highest BCUT2D eigenvalue weighted by Gasteiger charge is 2.38. The normalized spacial score (nSPS) is 18.5. The average Bonchev–Trinajstić information content (AvgIpc) is 3.29. The Kier molecular flexibility index (Phi) is 7.75. The topological polar surface area (TPSA) is 69.5 Å². The number of fused-ring (bicyclic) bond motifs is 1. The molecule has 1 saturated heterocycles. The molecule has 1 fully saturated rings. The van der Waals surface area contributed by atoms with Crippen molar-refractivity contribution in [2.45, 2.75) is 104 Å². The molecule has 0 bridgehead atoms. The zero-order valence-electron chi connectivity index (χ0n) is 22.2. The molecule has 1 amide bonds. The highest BCUT2D eigenvalue weighted by atomic mass is 35.5. The van der Waals surface area contributed by atoms with E-state index in [1.165, 1.54) is 0 Å². The molecule has 190 valence electrons. The molecule has 0 aromatic carbocycles. The minimum atomic E-state index is -1.81. The van der Waals surface area contributed by atoms with Gasteiger partial charge >= 0.3 is 6.09 Å². The van der Waals surface area contributed by atoms with E-state index in [2.05, 4.69) is 45.8 Å². The van der Waals surface area contributed by atoms with Crippen LogP contribution < -0.4 is 0 Å². The van der Waals surface area contributed by atoms with Crippen LogP contribution in [0.2, 0.25) is 23.3 Å². The molecule has 0 spiro atoms. The average molecular weight is 509 g/mol. The van der Waals surface area contributed by atoms with Gasteiger partial charge in [0, 0.05) is 30.8 Å². The van der Waals surface area contributed by atoms with Crippen molar-refractivity contribution < 1.29 is 14.0 Å². The van der Waals surface area contributed by atoms with Gasteiger partial charge in [0.15, 0.2) is 8.32 Å². The van der Waals surface area contributed by atoms with E-state index in [4.69, 9.17) is 25.9 Å². The van der Waals surface area contributed by atoms with Gasteiger partial charge in [-0.05, 0) is 65.1 Å². The van der Waals surface area contributed by atoms with Gasteiger partial charge in [-0.3, -0.25) is 9.58 Å². The van der Waals surface area contributed by atoms with Gasteiger partial charge < -0.3 is 9.16 Å². The second-order valence-electron chi connectivity index (χ2n) is 11.9. The Hall–Kier alpha value is -1.64. The van der Waals surface area contributed by atoms with Crippen molar-refractivity contribution >= 4 is 36.9 Å². The van der Waals surface area contributed by atoms with Gasteiger partial charge in [0.25, 0.3) is 0 Å². The van der Waals surface area contributed by atoms with Crippen LogP contribution in [0.1, 0.15) is 85.5 Å². The van der Waals surface area contributed by atoms with Gasteiger partial charge in [0.05, 0.1) is 23.3 Å². The molecular formula is C25H41ClN4O3Si. The van der Waals surface area contributed by atoms with Gasteiger partial charge in [-0.25, -0.2) is 9.78 Å². The van der Waals surface area contributed by atoms with Gasteiger partial charge in [-0.15, -0.1) is 0 Å². The Bertz CT molecular complexity index is 1030. The Morgan fingerprint density at radius 2 is 1.94 bits per heavy atom. The number of ether oxygens (including phenoxy) is 1. The minimum absolute atomic E-state index is 0.107. The number of aromatic nitrogens is 3. The van der Waals surface area contributed by atoms with Crippen LogP contribution in [0.3, 0.4) is 0 Å². The van der Waals surface area contributed by atoms with Gasteiger partial charge in [-0.2, -0.15) is 5.10 Å². The van der Waals surface area contributed by atoms with E-state index < -0.39 is 13.9 Å². The standard InChI is InChI=1S/C25H41ClN4O3Si/c1-17(12-14-32-34(8,9)25(5,6)7)30-20-15-21(26)27-16-18(20)22(28-30)19-11-10-13-29(19)23(31)33-24(2,3)4/h15-17,19H,10-14H2,1-9H3. The first kappa shape index (κ1) is 27.0. The molecule has 0 radical (unpaired) electrons. The van der Waals surface area contributed by atoms with Crippen molar-refractivity contribution in [1.82, 2.24) is 19.7 Å². The maximum absolute atomic E-state index is 12.9. The predicted octanol–water partition coefficient (Wildman–Crippen LogP) is 7.13. The number of carbonyl (C=O) groups excluding carboxylic acids is 1. The van der Waals surface area contributed by atoms with Crippen molar-refractivity contribution in [1.29, 1.82) is 0 Å². The molecular weight excluding hydrogens is 468 g/mol. The number of carbonyl (C=O) groups is 1. The highest BCUT2D eigenvalue weighted by molar-refractivity contribution is 6.74. The summed E-state index contributed by atoms with van der Waals surface area (Å²) in [4.78, 5) is 19.0. The van der Waals surface area contributed by atoms with E-state index in [0.29, 0.717) is 18.3 Å². The molecule has 0 aliphatic carbocycles. The van der Waals surface area contributed by atoms with Gasteiger partial charge in [0.1, 0.15) is 10.8 Å². The van der Waals surface area contributed by atoms with Crippen LogP contribution >= 0.6 is 11.6 Å². The summed E-state index contributed by atoms with van der Waals surface area (Å²) in [5, 5.41) is 6.57. The number of hydrogen-bond donors (Lipinski definition) is 0. The third-order valence-electron chi connectivity index (χ3n) is 7.01. The fourth-order valence-corrected chi connectivity index (χ4v) is 5.24. The summed E-state index contributed by atoms with van der Waals surface area (Å²) in [5.74, 6) is 0. The number of amides is 1. The van der Waals surface area contributed by atoms with Crippen molar-refractivity contribution in [3.8, 4) is 0 Å². The van der Waals surface area contributed by atoms with Crippen molar-refractivity contribution in [3.63, 3.8) is 0 Å². The van der Waals surface area contributed by atoms with E-state index >= 15 is 0 Å². The molecule has 3 heterocycles. The summed E-state index contributed by atoms with van der Waals surface area (Å²) in [6.45, 7) is 20.5. The van der Waals surface area contributed by atoms with E-state index in [1.54, 1.807) is 11.1 Å². The monoisotopic (exact) mass is 508 g/mol. The Labute approximate surface area is 210 Å². The number of halogens is 1. The Balaban J connectivity index is 1.87. The van der Waals surface area contributed by atoms with E-state index in [9.17, 15) is 4.79 Å². The number of likely N-dealkylation sites (tertiary alicyclic amines) is 1. The first-order chi connectivity index (χ1) is 15.6. The van der Waals surface area contributed by atoms with Gasteiger partial charge in [0.2, 0.25) is 0 Å². The largest absolute Gasteiger partial charge is 0.444 e. The zero-order valence-corrected chi connectivity index (χ0v) is 24.0. The molecule has 2 aromatic rings. The number of hydrogen-bond acceptors (Lipinski definition) is 5. The second-order valence-corrected chi connectivity index (χ2v) is 17.1. The van der Waals surface area contributed by atoms with Crippen molar-refractivity contribution in [2.24, 2.45) is 0 Å². The number of nitrogens with zero attached hydrogens (tertiary/aromatic N) is 4. The molecule has 0 N–H and O–H groups in total. The van der Waals surface area contributed by atoms with Crippen LogP contribution in [0.5, 0.6) is 0 Å². The summed E-state index contributed by atoms with van der Waals surface area (Å²) in [6, 6.07) is 1.83. The number of rotatable bonds is 6. The first-order valence-corrected chi connectivity index (χ1v) is 15.6. The lowest BCUT2D eigenvalue weighted by atomic mass is 10.1. The van der Waals surface area contributed by atoms with E-state index in [-0.39, 0.29) is 23.2 Å². The molecule has 1 aliphatic heterocycles. The molecule has 9 heteroatoms. The maximum atomic E-state index is 12.9. The molecule has 2 unspecified atom stereocenters. The van der Waals surface area contributed by atoms with Crippen LogP contribution in [-0.2, 0) is 9.16 Å². The van der Waals surface area contributed by atoms with Crippen molar-refractivity contribution in [3.05, 3.63) is 23.1 Å². The van der Waals surface area contributed by atoms with Crippen LogP contribution in [0.25, 0.3) is 10.9 Å². The zero-order chi connectivity index (χ0) is 25.5. The van der Waals surface area contributed by atoms with Crippen LogP contribution in [0.15, 0.2) is 12.3 Å². The summed E-state index contributed by atoms with van der Waals surface area (Å²) >= 11 is 6.27. The lowest BCUT2D eigenvalue weighted by Gasteiger charge is -2.36. The highest BCUT2D eigenvalue weighted by Crippen LogP contribution is 2.39. The molecule has 7 nitrogen and oxygen atoms in total. The maximum Gasteiger partial charge on any atom is 0.410 e. The van der Waals surface area contributed by atoms with E-state index in [0.717, 1.165) is 35.9 Å². The fraction of sp³-hybridized carbons (Fsp3) is 0.720. The quantitative estimate of drug-likeness (QED) is 0.306. The van der Waals surface area contributed by atoms with Crippen LogP contribution in [0, 0.1) is 0 Å². The number of pyridine rings is 1. The molecule has 0 saturated carbocycles. The summed E-state index contributed by atoms with van der Waals surface area (Å²) in [6.07, 6.45) is 4.08. The van der Waals surface area contributed by atoms with Gasteiger partial charge in [-0.1, -0.05) is 32.4 Å². The molecule has 1 aliphatic rings.